The van der Waals surface area contributed by atoms with Crippen molar-refractivity contribution >= 4 is 58.7 Å². The first kappa shape index (κ1) is 14.0. The zero-order valence-corrected chi connectivity index (χ0v) is 13.9. The predicted octanol–water partition coefficient (Wildman–Crippen LogP) is 3.83. The van der Waals surface area contributed by atoms with E-state index >= 15 is 0 Å². The molecule has 7 heteroatoms. The van der Waals surface area contributed by atoms with E-state index in [0.29, 0.717) is 10.2 Å². The topological polar surface area (TPSA) is 60.2 Å². The average molecular weight is 411 g/mol. The van der Waals surface area contributed by atoms with Crippen LogP contribution in [0.15, 0.2) is 43.5 Å². The van der Waals surface area contributed by atoms with Crippen LogP contribution < -0.4 is 5.73 Å². The molecule has 0 spiro atoms. The van der Waals surface area contributed by atoms with Crippen LogP contribution in [0.5, 0.6) is 0 Å². The molecule has 2 aromatic rings. The van der Waals surface area contributed by atoms with E-state index in [1.54, 1.807) is 18.2 Å². The molecule has 3 nitrogen and oxygen atoms in total. The van der Waals surface area contributed by atoms with Crippen LogP contribution in [0.4, 0.5) is 5.69 Å². The lowest BCUT2D eigenvalue weighted by molar-refractivity contribution is 0.595. The Morgan fingerprint density at radius 3 is 2.44 bits per heavy atom. The van der Waals surface area contributed by atoms with Crippen molar-refractivity contribution in [3.05, 3.63) is 43.5 Å². The van der Waals surface area contributed by atoms with Crippen LogP contribution in [-0.2, 0) is 15.6 Å². The minimum absolute atomic E-state index is 0.00815. The summed E-state index contributed by atoms with van der Waals surface area (Å²) in [5, 5.41) is 0. The van der Waals surface area contributed by atoms with Crippen molar-refractivity contribution in [2.75, 3.05) is 5.73 Å². The standard InChI is InChI=1S/C11H9Br2NO2S2/c12-9-5-7(14)1-3-10(9)18(15,16)6-8-2-4-11(13)17-8/h1-5H,6,14H2. The lowest BCUT2D eigenvalue weighted by atomic mass is 10.3. The number of nitrogens with two attached hydrogens (primary N) is 1. The van der Waals surface area contributed by atoms with Gasteiger partial charge >= 0.3 is 0 Å². The molecule has 2 rings (SSSR count). The molecule has 18 heavy (non-hydrogen) atoms. The quantitative estimate of drug-likeness (QED) is 0.782. The largest absolute Gasteiger partial charge is 0.399 e. The summed E-state index contributed by atoms with van der Waals surface area (Å²) in [5.41, 5.74) is 6.13. The third-order valence-corrected chi connectivity index (χ3v) is 6.69. The van der Waals surface area contributed by atoms with Crippen molar-refractivity contribution in [2.45, 2.75) is 10.6 Å². The maximum Gasteiger partial charge on any atom is 0.184 e. The number of nitrogen functional groups attached to an aromatic ring is 1. The van der Waals surface area contributed by atoms with Gasteiger partial charge in [-0.2, -0.15) is 0 Å². The van der Waals surface area contributed by atoms with Crippen molar-refractivity contribution in [1.82, 2.24) is 0 Å². The number of halogens is 2. The highest BCUT2D eigenvalue weighted by atomic mass is 79.9. The fourth-order valence-electron chi connectivity index (χ4n) is 1.46. The summed E-state index contributed by atoms with van der Waals surface area (Å²) in [6.45, 7) is 0. The Balaban J connectivity index is 2.36. The van der Waals surface area contributed by atoms with Crippen LogP contribution in [-0.4, -0.2) is 8.42 Å². The van der Waals surface area contributed by atoms with E-state index in [9.17, 15) is 8.42 Å². The third kappa shape index (κ3) is 3.14. The average Bonchev–Trinajstić information content (AvgIpc) is 2.62. The smallest absolute Gasteiger partial charge is 0.184 e. The summed E-state index contributed by atoms with van der Waals surface area (Å²) in [6.07, 6.45) is 0. The number of hydrogen-bond donors (Lipinski definition) is 1. The highest BCUT2D eigenvalue weighted by Crippen LogP contribution is 2.30. The van der Waals surface area contributed by atoms with Gasteiger partial charge in [0.25, 0.3) is 0 Å². The van der Waals surface area contributed by atoms with E-state index in [-0.39, 0.29) is 10.6 Å². The maximum atomic E-state index is 12.3. The molecule has 2 N–H and O–H groups in total. The normalized spacial score (nSPS) is 11.7. The molecule has 0 unspecified atom stereocenters. The highest BCUT2D eigenvalue weighted by molar-refractivity contribution is 9.11. The number of hydrogen-bond acceptors (Lipinski definition) is 4. The Morgan fingerprint density at radius 1 is 1.17 bits per heavy atom. The molecule has 0 saturated carbocycles. The van der Waals surface area contributed by atoms with Crippen molar-refractivity contribution in [2.24, 2.45) is 0 Å². The van der Waals surface area contributed by atoms with Crippen LogP contribution in [0.3, 0.4) is 0 Å². The Hall–Kier alpha value is -0.370. The van der Waals surface area contributed by atoms with Gasteiger partial charge in [0.1, 0.15) is 0 Å². The van der Waals surface area contributed by atoms with Crippen LogP contribution in [0.2, 0.25) is 0 Å². The molecule has 0 bridgehead atoms. The summed E-state index contributed by atoms with van der Waals surface area (Å²) < 4.78 is 25.9. The molecule has 0 amide bonds. The minimum atomic E-state index is -3.36. The highest BCUT2D eigenvalue weighted by Gasteiger charge is 2.19. The lowest BCUT2D eigenvalue weighted by Crippen LogP contribution is -2.05. The Labute approximate surface area is 126 Å². The molecule has 0 fully saturated rings. The van der Waals surface area contributed by atoms with E-state index in [0.717, 1.165) is 8.66 Å². The first-order chi connectivity index (χ1) is 8.38. The maximum absolute atomic E-state index is 12.3. The van der Waals surface area contributed by atoms with E-state index in [1.807, 2.05) is 6.07 Å². The van der Waals surface area contributed by atoms with Gasteiger partial charge in [0, 0.05) is 15.0 Å². The van der Waals surface area contributed by atoms with Gasteiger partial charge in [-0.25, -0.2) is 8.42 Å². The summed E-state index contributed by atoms with van der Waals surface area (Å²) in [6, 6.07) is 8.35. The molecule has 0 atom stereocenters. The molecule has 0 saturated heterocycles. The van der Waals surface area contributed by atoms with E-state index in [4.69, 9.17) is 5.73 Å². The van der Waals surface area contributed by atoms with Crippen molar-refractivity contribution < 1.29 is 8.42 Å². The SMILES string of the molecule is Nc1ccc(S(=O)(=O)Cc2ccc(Br)s2)c(Br)c1. The van der Waals surface area contributed by atoms with Gasteiger partial charge in [0.2, 0.25) is 0 Å². The van der Waals surface area contributed by atoms with Gasteiger partial charge in [-0.3, -0.25) is 0 Å². The zero-order valence-electron chi connectivity index (χ0n) is 9.06. The van der Waals surface area contributed by atoms with Gasteiger partial charge in [0.05, 0.1) is 14.4 Å². The Kier molecular flexibility index (Phi) is 4.15. The van der Waals surface area contributed by atoms with Crippen molar-refractivity contribution in [3.8, 4) is 0 Å². The molecule has 0 aliphatic carbocycles. The monoisotopic (exact) mass is 409 g/mol. The summed E-state index contributed by atoms with van der Waals surface area (Å²) in [5.74, 6) is -0.00815. The lowest BCUT2D eigenvalue weighted by Gasteiger charge is -2.06. The second kappa shape index (κ2) is 5.32. The third-order valence-electron chi connectivity index (χ3n) is 2.25. The van der Waals surface area contributed by atoms with E-state index < -0.39 is 9.84 Å². The summed E-state index contributed by atoms with van der Waals surface area (Å²) in [4.78, 5) is 1.06. The Morgan fingerprint density at radius 2 is 1.89 bits per heavy atom. The van der Waals surface area contributed by atoms with Gasteiger partial charge < -0.3 is 5.73 Å². The van der Waals surface area contributed by atoms with Crippen LogP contribution in [0.25, 0.3) is 0 Å². The molecular weight excluding hydrogens is 402 g/mol. The predicted molar refractivity (Wildman–Crippen MR) is 81.5 cm³/mol. The summed E-state index contributed by atoms with van der Waals surface area (Å²) >= 11 is 7.97. The van der Waals surface area contributed by atoms with Gasteiger partial charge in [-0.1, -0.05) is 0 Å². The zero-order chi connectivity index (χ0) is 13.3. The first-order valence-electron chi connectivity index (χ1n) is 4.90. The Bertz CT molecular complexity index is 680. The van der Waals surface area contributed by atoms with Gasteiger partial charge in [-0.15, -0.1) is 11.3 Å². The molecule has 1 heterocycles. The van der Waals surface area contributed by atoms with Crippen LogP contribution in [0.1, 0.15) is 4.88 Å². The number of thiophene rings is 1. The molecule has 0 aliphatic heterocycles. The van der Waals surface area contributed by atoms with E-state index in [2.05, 4.69) is 31.9 Å². The van der Waals surface area contributed by atoms with Gasteiger partial charge in [0.15, 0.2) is 9.84 Å². The summed E-state index contributed by atoms with van der Waals surface area (Å²) in [7, 11) is -3.36. The molecule has 0 aliphatic rings. The first-order valence-corrected chi connectivity index (χ1v) is 8.96. The molecule has 0 radical (unpaired) electrons. The number of rotatable bonds is 3. The second-order valence-corrected chi connectivity index (χ2v) is 9.01. The molecular formula is C11H9Br2NO2S2. The second-order valence-electron chi connectivity index (χ2n) is 3.65. The number of benzene rings is 1. The molecule has 1 aromatic carbocycles. The van der Waals surface area contributed by atoms with Crippen molar-refractivity contribution in [1.29, 1.82) is 0 Å². The van der Waals surface area contributed by atoms with Crippen LogP contribution in [0, 0.1) is 0 Å². The van der Waals surface area contributed by atoms with Crippen LogP contribution >= 0.6 is 43.2 Å². The number of anilines is 1. The fourth-order valence-corrected chi connectivity index (χ4v) is 5.84. The van der Waals surface area contributed by atoms with Crippen molar-refractivity contribution in [3.63, 3.8) is 0 Å². The minimum Gasteiger partial charge on any atom is -0.399 e. The number of sulfone groups is 1. The van der Waals surface area contributed by atoms with E-state index in [1.165, 1.54) is 17.4 Å². The van der Waals surface area contributed by atoms with Gasteiger partial charge in [-0.05, 0) is 62.2 Å². The molecule has 1 aromatic heterocycles. The fraction of sp³-hybridized carbons (Fsp3) is 0.0909. The molecule has 96 valence electrons.